The molecule has 112 valence electrons. The van der Waals surface area contributed by atoms with E-state index in [0.29, 0.717) is 6.54 Å². The maximum absolute atomic E-state index is 12.1. The smallest absolute Gasteiger partial charge is 0.331 e. The van der Waals surface area contributed by atoms with Gasteiger partial charge < -0.3 is 11.1 Å². The summed E-state index contributed by atoms with van der Waals surface area (Å²) in [7, 11) is 0. The molecule has 0 saturated heterocycles. The van der Waals surface area contributed by atoms with Crippen molar-refractivity contribution >= 4 is 11.6 Å². The van der Waals surface area contributed by atoms with Crippen LogP contribution in [0.25, 0.3) is 0 Å². The summed E-state index contributed by atoms with van der Waals surface area (Å²) in [6.07, 6.45) is 2.05. The highest BCUT2D eigenvalue weighted by Gasteiger charge is 2.17. The van der Waals surface area contributed by atoms with Crippen LogP contribution in [0.15, 0.2) is 15.8 Å². The van der Waals surface area contributed by atoms with Crippen molar-refractivity contribution in [3.8, 4) is 0 Å². The van der Waals surface area contributed by atoms with Crippen LogP contribution >= 0.6 is 0 Å². The molecular formula is C13H22N4O3. The first-order valence-corrected chi connectivity index (χ1v) is 6.56. The number of nitrogens with one attached hydrogen (secondary N) is 1. The Bertz CT molecular complexity index is 608. The van der Waals surface area contributed by atoms with Crippen LogP contribution < -0.4 is 22.3 Å². The molecule has 0 aromatic carbocycles. The molecule has 7 heteroatoms. The first kappa shape index (κ1) is 16.0. The lowest BCUT2D eigenvalue weighted by atomic mass is 10.1. The van der Waals surface area contributed by atoms with Gasteiger partial charge in [-0.25, -0.2) is 9.36 Å². The van der Waals surface area contributed by atoms with Gasteiger partial charge in [-0.1, -0.05) is 6.92 Å². The first-order chi connectivity index (χ1) is 9.15. The second kappa shape index (κ2) is 5.94. The fourth-order valence-corrected chi connectivity index (χ4v) is 1.82. The van der Waals surface area contributed by atoms with Gasteiger partial charge in [0.25, 0.3) is 5.56 Å². The largest absolute Gasteiger partial charge is 0.393 e. The van der Waals surface area contributed by atoms with E-state index in [9.17, 15) is 14.4 Å². The van der Waals surface area contributed by atoms with E-state index in [4.69, 9.17) is 5.73 Å². The van der Waals surface area contributed by atoms with Crippen LogP contribution in [0, 0.1) is 0 Å². The summed E-state index contributed by atoms with van der Waals surface area (Å²) in [5.41, 5.74) is 3.98. The number of nitrogens with zero attached hydrogens (tertiary/aromatic N) is 2. The average molecular weight is 282 g/mol. The molecule has 0 aliphatic carbocycles. The van der Waals surface area contributed by atoms with Gasteiger partial charge in [-0.15, -0.1) is 0 Å². The monoisotopic (exact) mass is 282 g/mol. The Morgan fingerprint density at radius 1 is 1.35 bits per heavy atom. The zero-order valence-electron chi connectivity index (χ0n) is 12.4. The molecule has 1 aromatic heterocycles. The summed E-state index contributed by atoms with van der Waals surface area (Å²) >= 11 is 0. The molecule has 7 nitrogen and oxygen atoms in total. The topological polar surface area (TPSA) is 99.1 Å². The van der Waals surface area contributed by atoms with Crippen LogP contribution in [0.2, 0.25) is 0 Å². The highest BCUT2D eigenvalue weighted by molar-refractivity contribution is 5.76. The number of aromatic nitrogens is 2. The minimum absolute atomic E-state index is 0.0402. The minimum Gasteiger partial charge on any atom is -0.393 e. The fourth-order valence-electron chi connectivity index (χ4n) is 1.82. The van der Waals surface area contributed by atoms with Crippen LogP contribution in [-0.4, -0.2) is 20.6 Å². The molecular weight excluding hydrogens is 260 g/mol. The van der Waals surface area contributed by atoms with Gasteiger partial charge in [-0.05, 0) is 27.2 Å². The van der Waals surface area contributed by atoms with Gasteiger partial charge in [0, 0.05) is 18.3 Å². The van der Waals surface area contributed by atoms with E-state index in [2.05, 4.69) is 5.32 Å². The van der Waals surface area contributed by atoms with Gasteiger partial charge in [0.15, 0.2) is 0 Å². The lowest BCUT2D eigenvalue weighted by molar-refractivity contribution is -0.123. The number of anilines is 1. The predicted octanol–water partition coefficient (Wildman–Crippen LogP) is -0.0831. The number of hydrogen-bond acceptors (Lipinski definition) is 4. The highest BCUT2D eigenvalue weighted by Crippen LogP contribution is 1.98. The normalized spacial score (nSPS) is 11.4. The molecule has 0 saturated carbocycles. The zero-order valence-corrected chi connectivity index (χ0v) is 12.4. The lowest BCUT2D eigenvalue weighted by Crippen LogP contribution is -2.48. The van der Waals surface area contributed by atoms with Gasteiger partial charge in [-0.3, -0.25) is 14.2 Å². The number of rotatable bonds is 4. The average Bonchev–Trinajstić information content (AvgIpc) is 2.29. The van der Waals surface area contributed by atoms with Crippen LogP contribution in [0.5, 0.6) is 0 Å². The van der Waals surface area contributed by atoms with E-state index in [1.165, 1.54) is 10.8 Å². The molecule has 1 aromatic rings. The second-order valence-corrected chi connectivity index (χ2v) is 5.75. The standard InChI is InChI=1S/C13H22N4O3/c1-5-6-16-7-9(14)11(19)17(12(16)20)8-10(18)15-13(2,3)4/h7H,5-6,8,14H2,1-4H3,(H,15,18). The van der Waals surface area contributed by atoms with Gasteiger partial charge in [0.2, 0.25) is 5.91 Å². The molecule has 1 amide bonds. The Morgan fingerprint density at radius 2 is 1.95 bits per heavy atom. The van der Waals surface area contributed by atoms with Crippen LogP contribution in [0.1, 0.15) is 34.1 Å². The molecule has 3 N–H and O–H groups in total. The Morgan fingerprint density at radius 3 is 2.45 bits per heavy atom. The van der Waals surface area contributed by atoms with E-state index in [-0.39, 0.29) is 12.2 Å². The van der Waals surface area contributed by atoms with Crippen LogP contribution in [0.4, 0.5) is 5.69 Å². The predicted molar refractivity (Wildman–Crippen MR) is 77.6 cm³/mol. The summed E-state index contributed by atoms with van der Waals surface area (Å²) < 4.78 is 2.22. The molecule has 1 heterocycles. The Kier molecular flexibility index (Phi) is 4.75. The molecule has 0 spiro atoms. The summed E-state index contributed by atoms with van der Waals surface area (Å²) in [4.78, 5) is 35.9. The van der Waals surface area contributed by atoms with Crippen molar-refractivity contribution in [2.45, 2.75) is 52.7 Å². The number of carbonyl (C=O) groups excluding carboxylic acids is 1. The molecule has 0 fully saturated rings. The van der Waals surface area contributed by atoms with E-state index in [1.54, 1.807) is 0 Å². The molecule has 0 unspecified atom stereocenters. The van der Waals surface area contributed by atoms with E-state index in [0.717, 1.165) is 11.0 Å². The molecule has 0 radical (unpaired) electrons. The van der Waals surface area contributed by atoms with E-state index < -0.39 is 22.7 Å². The van der Waals surface area contributed by atoms with Crippen molar-refractivity contribution in [3.05, 3.63) is 27.0 Å². The van der Waals surface area contributed by atoms with Crippen molar-refractivity contribution in [2.24, 2.45) is 0 Å². The third-order valence-corrected chi connectivity index (χ3v) is 2.54. The molecule has 0 aliphatic rings. The van der Waals surface area contributed by atoms with Gasteiger partial charge >= 0.3 is 5.69 Å². The summed E-state index contributed by atoms with van der Waals surface area (Å²) in [5, 5.41) is 2.71. The third-order valence-electron chi connectivity index (χ3n) is 2.54. The molecule has 1 rings (SSSR count). The van der Waals surface area contributed by atoms with Crippen LogP contribution in [0.3, 0.4) is 0 Å². The number of amides is 1. The SMILES string of the molecule is CCCn1cc(N)c(=O)n(CC(=O)NC(C)(C)C)c1=O. The van der Waals surface area contributed by atoms with Gasteiger partial charge in [0.1, 0.15) is 12.2 Å². The highest BCUT2D eigenvalue weighted by atomic mass is 16.2. The maximum Gasteiger partial charge on any atom is 0.331 e. The van der Waals surface area contributed by atoms with Gasteiger partial charge in [0.05, 0.1) is 0 Å². The fraction of sp³-hybridized carbons (Fsp3) is 0.615. The van der Waals surface area contributed by atoms with E-state index >= 15 is 0 Å². The minimum atomic E-state index is -0.633. The Labute approximate surface area is 117 Å². The van der Waals surface area contributed by atoms with Crippen molar-refractivity contribution in [1.82, 2.24) is 14.5 Å². The van der Waals surface area contributed by atoms with E-state index in [1.807, 2.05) is 27.7 Å². The Balaban J connectivity index is 3.15. The second-order valence-electron chi connectivity index (χ2n) is 5.75. The third kappa shape index (κ3) is 3.97. The first-order valence-electron chi connectivity index (χ1n) is 6.56. The summed E-state index contributed by atoms with van der Waals surface area (Å²) in [6, 6.07) is 0. The molecule has 0 bridgehead atoms. The quantitative estimate of drug-likeness (QED) is 0.806. The Hall–Kier alpha value is -2.05. The maximum atomic E-state index is 12.1. The summed E-state index contributed by atoms with van der Waals surface area (Å²) in [6.45, 7) is 7.49. The van der Waals surface area contributed by atoms with Gasteiger partial charge in [-0.2, -0.15) is 0 Å². The summed E-state index contributed by atoms with van der Waals surface area (Å²) in [5.74, 6) is -0.398. The van der Waals surface area contributed by atoms with Crippen LogP contribution in [-0.2, 0) is 17.9 Å². The molecule has 0 aliphatic heterocycles. The number of aryl methyl sites for hydroxylation is 1. The number of nitrogens with two attached hydrogens (primary N) is 1. The lowest BCUT2D eigenvalue weighted by Gasteiger charge is -2.20. The van der Waals surface area contributed by atoms with Crippen molar-refractivity contribution in [2.75, 3.05) is 5.73 Å². The molecule has 0 atom stereocenters. The number of carbonyl (C=O) groups is 1. The number of hydrogen-bond donors (Lipinski definition) is 2. The molecule has 20 heavy (non-hydrogen) atoms. The van der Waals surface area contributed by atoms with Crippen molar-refractivity contribution in [1.29, 1.82) is 0 Å². The zero-order chi connectivity index (χ0) is 15.5. The van der Waals surface area contributed by atoms with Crippen molar-refractivity contribution in [3.63, 3.8) is 0 Å². The number of nitrogen functional groups attached to an aromatic ring is 1. The van der Waals surface area contributed by atoms with Crippen molar-refractivity contribution < 1.29 is 4.79 Å².